The Hall–Kier alpha value is -2.05. The van der Waals surface area contributed by atoms with Crippen molar-refractivity contribution in [1.29, 1.82) is 0 Å². The fraction of sp³-hybridized carbons (Fsp3) is 0.250. The zero-order chi connectivity index (χ0) is 15.7. The van der Waals surface area contributed by atoms with Crippen molar-refractivity contribution < 1.29 is 17.9 Å². The average molecular weight is 319 g/mol. The largest absolute Gasteiger partial charge is 0.454 e. The van der Waals surface area contributed by atoms with E-state index in [1.165, 1.54) is 0 Å². The van der Waals surface area contributed by atoms with Gasteiger partial charge in [0.1, 0.15) is 5.25 Å². The summed E-state index contributed by atoms with van der Waals surface area (Å²) in [6.45, 7) is 2.06. The van der Waals surface area contributed by atoms with Crippen molar-refractivity contribution in [3.05, 3.63) is 53.6 Å². The van der Waals surface area contributed by atoms with Crippen molar-refractivity contribution >= 4 is 9.84 Å². The van der Waals surface area contributed by atoms with E-state index in [1.807, 2.05) is 6.92 Å². The van der Waals surface area contributed by atoms with Crippen LogP contribution in [0.1, 0.15) is 16.4 Å². The van der Waals surface area contributed by atoms with Crippen LogP contribution in [0, 0.1) is 6.92 Å². The Bertz CT molecular complexity index is 784. The lowest BCUT2D eigenvalue weighted by Crippen LogP contribution is -2.22. The summed E-state index contributed by atoms with van der Waals surface area (Å²) in [7, 11) is -3.56. The molecule has 6 heteroatoms. The third-order valence-electron chi connectivity index (χ3n) is 3.71. The fourth-order valence-electron chi connectivity index (χ4n) is 2.45. The first-order valence-electron chi connectivity index (χ1n) is 6.92. The fourth-order valence-corrected chi connectivity index (χ4v) is 4.05. The van der Waals surface area contributed by atoms with Gasteiger partial charge in [-0.1, -0.05) is 23.8 Å². The summed E-state index contributed by atoms with van der Waals surface area (Å²) in [5.41, 5.74) is 7.36. The smallest absolute Gasteiger partial charge is 0.231 e. The van der Waals surface area contributed by atoms with Crippen molar-refractivity contribution in [2.75, 3.05) is 13.3 Å². The maximum atomic E-state index is 12.8. The number of hydrogen-bond acceptors (Lipinski definition) is 5. The topological polar surface area (TPSA) is 78.6 Å². The van der Waals surface area contributed by atoms with E-state index in [9.17, 15) is 8.42 Å². The van der Waals surface area contributed by atoms with E-state index in [0.717, 1.165) is 5.56 Å². The lowest BCUT2D eigenvalue weighted by Gasteiger charge is -2.17. The Morgan fingerprint density at radius 2 is 1.77 bits per heavy atom. The molecular formula is C16H17NO4S. The molecule has 0 saturated heterocycles. The Morgan fingerprint density at radius 1 is 1.09 bits per heavy atom. The van der Waals surface area contributed by atoms with Crippen LogP contribution in [0.2, 0.25) is 0 Å². The molecule has 2 aromatic carbocycles. The standard InChI is InChI=1S/C16H17NO4S/c1-11-2-5-13(6-3-11)22(18,19)16(9-17)12-4-7-14-15(8-12)21-10-20-14/h2-8,16H,9-10,17H2,1H3. The van der Waals surface area contributed by atoms with Gasteiger partial charge in [-0.2, -0.15) is 0 Å². The normalized spacial score (nSPS) is 14.8. The molecule has 1 aliphatic rings. The molecular weight excluding hydrogens is 302 g/mol. The van der Waals surface area contributed by atoms with Gasteiger partial charge in [0.25, 0.3) is 0 Å². The van der Waals surface area contributed by atoms with Crippen LogP contribution in [0.4, 0.5) is 0 Å². The summed E-state index contributed by atoms with van der Waals surface area (Å²) >= 11 is 0. The van der Waals surface area contributed by atoms with Crippen molar-refractivity contribution in [2.45, 2.75) is 17.1 Å². The van der Waals surface area contributed by atoms with E-state index in [1.54, 1.807) is 42.5 Å². The second kappa shape index (κ2) is 5.62. The minimum Gasteiger partial charge on any atom is -0.454 e. The molecule has 0 bridgehead atoms. The molecule has 1 unspecified atom stereocenters. The minimum atomic E-state index is -3.56. The zero-order valence-corrected chi connectivity index (χ0v) is 13.0. The van der Waals surface area contributed by atoms with Crippen LogP contribution in [0.25, 0.3) is 0 Å². The number of rotatable bonds is 4. The summed E-state index contributed by atoms with van der Waals surface area (Å²) in [6.07, 6.45) is 0. The molecule has 0 saturated carbocycles. The summed E-state index contributed by atoms with van der Waals surface area (Å²) in [5.74, 6) is 1.17. The Kier molecular flexibility index (Phi) is 3.80. The third-order valence-corrected chi connectivity index (χ3v) is 5.85. The number of aryl methyl sites for hydroxylation is 1. The predicted molar refractivity (Wildman–Crippen MR) is 82.7 cm³/mol. The molecule has 0 aromatic heterocycles. The molecule has 3 rings (SSSR count). The van der Waals surface area contributed by atoms with Gasteiger partial charge in [0.05, 0.1) is 4.90 Å². The quantitative estimate of drug-likeness (QED) is 0.934. The molecule has 22 heavy (non-hydrogen) atoms. The minimum absolute atomic E-state index is 0.00411. The molecule has 0 spiro atoms. The Labute approximate surface area is 129 Å². The Balaban J connectivity index is 2.01. The molecule has 1 heterocycles. The highest BCUT2D eigenvalue weighted by atomic mass is 32.2. The Morgan fingerprint density at radius 3 is 2.45 bits per heavy atom. The highest BCUT2D eigenvalue weighted by Crippen LogP contribution is 2.37. The van der Waals surface area contributed by atoms with Gasteiger partial charge < -0.3 is 15.2 Å². The first-order chi connectivity index (χ1) is 10.5. The first kappa shape index (κ1) is 14.9. The molecule has 2 N–H and O–H groups in total. The van der Waals surface area contributed by atoms with Crippen molar-refractivity contribution in [3.63, 3.8) is 0 Å². The molecule has 1 atom stereocenters. The van der Waals surface area contributed by atoms with Gasteiger partial charge in [0.2, 0.25) is 6.79 Å². The van der Waals surface area contributed by atoms with E-state index in [0.29, 0.717) is 17.1 Å². The van der Waals surface area contributed by atoms with Crippen molar-refractivity contribution in [3.8, 4) is 11.5 Å². The van der Waals surface area contributed by atoms with Gasteiger partial charge >= 0.3 is 0 Å². The highest BCUT2D eigenvalue weighted by molar-refractivity contribution is 7.91. The molecule has 2 aromatic rings. The van der Waals surface area contributed by atoms with E-state index in [-0.39, 0.29) is 18.2 Å². The number of benzene rings is 2. The number of fused-ring (bicyclic) bond motifs is 1. The molecule has 0 aliphatic carbocycles. The van der Waals surface area contributed by atoms with Crippen LogP contribution < -0.4 is 15.2 Å². The third kappa shape index (κ3) is 2.55. The van der Waals surface area contributed by atoms with Crippen LogP contribution in [0.3, 0.4) is 0 Å². The number of ether oxygens (including phenoxy) is 2. The van der Waals surface area contributed by atoms with E-state index >= 15 is 0 Å². The van der Waals surface area contributed by atoms with Crippen LogP contribution in [-0.2, 0) is 9.84 Å². The van der Waals surface area contributed by atoms with Gasteiger partial charge in [-0.05, 0) is 36.8 Å². The zero-order valence-electron chi connectivity index (χ0n) is 12.2. The predicted octanol–water partition coefficient (Wildman–Crippen LogP) is 2.20. The maximum absolute atomic E-state index is 12.8. The number of sulfone groups is 1. The summed E-state index contributed by atoms with van der Waals surface area (Å²) in [4.78, 5) is 0.270. The summed E-state index contributed by atoms with van der Waals surface area (Å²) in [6, 6.07) is 11.9. The average Bonchev–Trinajstić information content (AvgIpc) is 2.96. The number of nitrogens with two attached hydrogens (primary N) is 1. The molecule has 5 nitrogen and oxygen atoms in total. The second-order valence-corrected chi connectivity index (χ2v) is 7.33. The summed E-state index contributed by atoms with van der Waals surface area (Å²) < 4.78 is 36.2. The van der Waals surface area contributed by atoms with Gasteiger partial charge in [0.15, 0.2) is 21.3 Å². The van der Waals surface area contributed by atoms with Crippen LogP contribution in [0.5, 0.6) is 11.5 Å². The molecule has 1 aliphatic heterocycles. The van der Waals surface area contributed by atoms with Crippen molar-refractivity contribution in [1.82, 2.24) is 0 Å². The van der Waals surface area contributed by atoms with Gasteiger partial charge in [-0.15, -0.1) is 0 Å². The highest BCUT2D eigenvalue weighted by Gasteiger charge is 2.29. The van der Waals surface area contributed by atoms with Crippen LogP contribution in [-0.4, -0.2) is 21.8 Å². The monoisotopic (exact) mass is 319 g/mol. The molecule has 116 valence electrons. The van der Waals surface area contributed by atoms with Crippen LogP contribution >= 0.6 is 0 Å². The van der Waals surface area contributed by atoms with Gasteiger partial charge in [-0.25, -0.2) is 8.42 Å². The SMILES string of the molecule is Cc1ccc(S(=O)(=O)C(CN)c2ccc3c(c2)OCO3)cc1. The van der Waals surface area contributed by atoms with E-state index in [4.69, 9.17) is 15.2 Å². The second-order valence-electron chi connectivity index (χ2n) is 5.20. The number of hydrogen-bond donors (Lipinski definition) is 1. The van der Waals surface area contributed by atoms with E-state index in [2.05, 4.69) is 0 Å². The maximum Gasteiger partial charge on any atom is 0.231 e. The van der Waals surface area contributed by atoms with Gasteiger partial charge in [0, 0.05) is 6.54 Å². The molecule has 0 amide bonds. The molecule has 0 fully saturated rings. The molecule has 0 radical (unpaired) electrons. The van der Waals surface area contributed by atoms with Crippen molar-refractivity contribution in [2.24, 2.45) is 5.73 Å². The van der Waals surface area contributed by atoms with E-state index < -0.39 is 15.1 Å². The summed E-state index contributed by atoms with van der Waals surface area (Å²) in [5, 5.41) is -0.815. The van der Waals surface area contributed by atoms with Crippen LogP contribution in [0.15, 0.2) is 47.4 Å². The van der Waals surface area contributed by atoms with Gasteiger partial charge in [-0.3, -0.25) is 0 Å². The lowest BCUT2D eigenvalue weighted by molar-refractivity contribution is 0.174. The first-order valence-corrected chi connectivity index (χ1v) is 8.47. The lowest BCUT2D eigenvalue weighted by atomic mass is 10.1.